The largest absolute Gasteiger partial charge is 0.455 e. The van der Waals surface area contributed by atoms with Crippen LogP contribution >= 0.6 is 11.6 Å². The van der Waals surface area contributed by atoms with Crippen molar-refractivity contribution in [3.8, 4) is 11.5 Å². The first-order valence-corrected chi connectivity index (χ1v) is 8.57. The van der Waals surface area contributed by atoms with E-state index in [2.05, 4.69) is 4.98 Å². The van der Waals surface area contributed by atoms with Crippen molar-refractivity contribution in [2.24, 2.45) is 0 Å². The quantitative estimate of drug-likeness (QED) is 0.589. The summed E-state index contributed by atoms with van der Waals surface area (Å²) in [6.45, 7) is 0. The zero-order chi connectivity index (χ0) is 17.7. The van der Waals surface area contributed by atoms with Gasteiger partial charge in [0.2, 0.25) is 0 Å². The van der Waals surface area contributed by atoms with E-state index in [9.17, 15) is 4.79 Å². The summed E-state index contributed by atoms with van der Waals surface area (Å²) in [7, 11) is 0. The van der Waals surface area contributed by atoms with Crippen molar-refractivity contribution in [3.63, 3.8) is 0 Å². The van der Waals surface area contributed by atoms with Gasteiger partial charge in [0.1, 0.15) is 11.8 Å². The number of hydrogen-bond donors (Lipinski definition) is 0. The van der Waals surface area contributed by atoms with Gasteiger partial charge in [-0.1, -0.05) is 35.9 Å². The third-order valence-electron chi connectivity index (χ3n) is 4.61. The average molecular weight is 365 g/mol. The summed E-state index contributed by atoms with van der Waals surface area (Å²) >= 11 is 6.19. The lowest BCUT2D eigenvalue weighted by molar-refractivity contribution is 0.129. The van der Waals surface area contributed by atoms with Crippen molar-refractivity contribution in [1.29, 1.82) is 0 Å². The van der Waals surface area contributed by atoms with Gasteiger partial charge >= 0.3 is 6.09 Å². The van der Waals surface area contributed by atoms with Crippen LogP contribution in [-0.4, -0.2) is 11.1 Å². The molecule has 0 radical (unpaired) electrons. The zero-order valence-electron chi connectivity index (χ0n) is 13.5. The molecule has 1 amide bonds. The van der Waals surface area contributed by atoms with E-state index in [0.29, 0.717) is 27.9 Å². The molecule has 0 bridgehead atoms. The molecule has 5 rings (SSSR count). The zero-order valence-corrected chi connectivity index (χ0v) is 14.3. The monoisotopic (exact) mass is 364 g/mol. The molecular weight excluding hydrogens is 352 g/mol. The molecule has 128 valence electrons. The van der Waals surface area contributed by atoms with Crippen molar-refractivity contribution in [1.82, 2.24) is 4.98 Å². The highest BCUT2D eigenvalue weighted by Crippen LogP contribution is 2.53. The molecule has 3 aromatic rings. The lowest BCUT2D eigenvalue weighted by Crippen LogP contribution is -2.27. The first-order chi connectivity index (χ1) is 12.7. The van der Waals surface area contributed by atoms with Crippen LogP contribution < -0.4 is 9.64 Å². The summed E-state index contributed by atoms with van der Waals surface area (Å²) in [5.74, 6) is 1.24. The number of anilines is 1. The smallest absolute Gasteiger partial charge is 0.415 e. The second kappa shape index (κ2) is 5.75. The predicted octanol–water partition coefficient (Wildman–Crippen LogP) is 5.28. The molecule has 2 aromatic carbocycles. The summed E-state index contributed by atoms with van der Waals surface area (Å²) in [5.41, 5.74) is 2.14. The summed E-state index contributed by atoms with van der Waals surface area (Å²) in [6, 6.07) is 18.0. The van der Waals surface area contributed by atoms with Crippen molar-refractivity contribution < 1.29 is 14.3 Å². The van der Waals surface area contributed by atoms with Gasteiger partial charge in [-0.25, -0.2) is 4.79 Å². The third-order valence-corrected chi connectivity index (χ3v) is 4.84. The number of pyridine rings is 1. The molecule has 6 heteroatoms. The number of hydrogen-bond acceptors (Lipinski definition) is 4. The van der Waals surface area contributed by atoms with E-state index >= 15 is 0 Å². The fourth-order valence-electron chi connectivity index (χ4n) is 3.50. The number of rotatable bonds is 1. The van der Waals surface area contributed by atoms with E-state index in [0.717, 1.165) is 5.56 Å². The summed E-state index contributed by atoms with van der Waals surface area (Å²) in [5, 5.41) is 0.520. The van der Waals surface area contributed by atoms with Crippen LogP contribution in [0, 0.1) is 0 Å². The van der Waals surface area contributed by atoms with Crippen molar-refractivity contribution in [2.75, 3.05) is 4.90 Å². The molecular formula is C20H13ClN2O3. The molecule has 2 aliphatic rings. The first kappa shape index (κ1) is 15.2. The van der Waals surface area contributed by atoms with Gasteiger partial charge in [0, 0.05) is 16.8 Å². The molecule has 5 nitrogen and oxygen atoms in total. The van der Waals surface area contributed by atoms with Crippen molar-refractivity contribution in [3.05, 3.63) is 83.1 Å². The molecule has 0 saturated carbocycles. The van der Waals surface area contributed by atoms with Gasteiger partial charge in [-0.15, -0.1) is 0 Å². The number of carbonyl (C=O) groups excluding carboxylic acids is 1. The molecule has 1 saturated heterocycles. The van der Waals surface area contributed by atoms with Gasteiger partial charge < -0.3 is 9.47 Å². The Kier molecular flexibility index (Phi) is 3.36. The second-order valence-electron chi connectivity index (χ2n) is 6.13. The Hall–Kier alpha value is -3.05. The van der Waals surface area contributed by atoms with Crippen molar-refractivity contribution >= 4 is 23.4 Å². The number of cyclic esters (lactones) is 1. The molecule has 0 aliphatic carbocycles. The fourth-order valence-corrected chi connectivity index (χ4v) is 3.66. The van der Waals surface area contributed by atoms with Crippen LogP contribution in [0.15, 0.2) is 66.9 Å². The Bertz CT molecular complexity index is 1010. The van der Waals surface area contributed by atoms with E-state index in [4.69, 9.17) is 21.1 Å². The highest BCUT2D eigenvalue weighted by atomic mass is 35.5. The number of para-hydroxylation sites is 1. The number of carbonyl (C=O) groups is 1. The van der Waals surface area contributed by atoms with E-state index in [1.54, 1.807) is 29.3 Å². The molecule has 0 unspecified atom stereocenters. The van der Waals surface area contributed by atoms with Crippen LogP contribution in [0.3, 0.4) is 0 Å². The van der Waals surface area contributed by atoms with Crippen LogP contribution in [-0.2, 0) is 4.74 Å². The molecule has 26 heavy (non-hydrogen) atoms. The minimum Gasteiger partial charge on any atom is -0.455 e. The van der Waals surface area contributed by atoms with E-state index < -0.39 is 18.2 Å². The van der Waals surface area contributed by atoms with E-state index in [1.807, 2.05) is 42.5 Å². The topological polar surface area (TPSA) is 51.7 Å². The normalized spacial score (nSPS) is 20.3. The van der Waals surface area contributed by atoms with E-state index in [1.165, 1.54) is 0 Å². The number of benzene rings is 2. The average Bonchev–Trinajstić information content (AvgIpc) is 2.93. The van der Waals surface area contributed by atoms with Gasteiger partial charge in [0.15, 0.2) is 11.9 Å². The van der Waals surface area contributed by atoms with E-state index in [-0.39, 0.29) is 0 Å². The van der Waals surface area contributed by atoms with Crippen LogP contribution in [0.25, 0.3) is 0 Å². The number of amides is 1. The summed E-state index contributed by atoms with van der Waals surface area (Å²) in [4.78, 5) is 18.8. The number of ether oxygens (including phenoxy) is 2. The Labute approximate surface area is 154 Å². The molecule has 1 aromatic heterocycles. The Balaban J connectivity index is 1.76. The van der Waals surface area contributed by atoms with Gasteiger partial charge in [-0.2, -0.15) is 0 Å². The van der Waals surface area contributed by atoms with Gasteiger partial charge in [-0.05, 0) is 36.4 Å². The minimum absolute atomic E-state index is 0.395. The lowest BCUT2D eigenvalue weighted by atomic mass is 9.97. The van der Waals surface area contributed by atoms with Crippen LogP contribution in [0.2, 0.25) is 5.02 Å². The molecule has 2 aliphatic heterocycles. The molecule has 1 fully saturated rings. The lowest BCUT2D eigenvalue weighted by Gasteiger charge is -2.23. The van der Waals surface area contributed by atoms with Crippen LogP contribution in [0.4, 0.5) is 10.5 Å². The van der Waals surface area contributed by atoms with Gasteiger partial charge in [0.05, 0.1) is 11.4 Å². The molecule has 3 heterocycles. The minimum atomic E-state index is -0.543. The van der Waals surface area contributed by atoms with Crippen LogP contribution in [0.5, 0.6) is 11.5 Å². The Morgan fingerprint density at radius 1 is 1.00 bits per heavy atom. The highest BCUT2D eigenvalue weighted by molar-refractivity contribution is 6.31. The number of nitrogens with zero attached hydrogens (tertiary/aromatic N) is 2. The standard InChI is InChI=1S/C20H13ClN2O3/c21-12-8-9-17-15(11-12)23-18(13-5-1-2-7-16(13)25-17)19(26-20(23)24)14-6-3-4-10-22-14/h1-11,18-19H/t18-,19-/m1/s1. The maximum Gasteiger partial charge on any atom is 0.415 e. The summed E-state index contributed by atoms with van der Waals surface area (Å²) in [6.07, 6.45) is 0.698. The van der Waals surface area contributed by atoms with Crippen LogP contribution in [0.1, 0.15) is 23.4 Å². The predicted molar refractivity (Wildman–Crippen MR) is 96.6 cm³/mol. The SMILES string of the molecule is O=C1O[C@H](c2ccccn2)[C@H]2c3ccccc3Oc3ccc(Cl)cc3N12. The maximum atomic E-state index is 12.8. The van der Waals surface area contributed by atoms with Crippen molar-refractivity contribution in [2.45, 2.75) is 12.1 Å². The molecule has 2 atom stereocenters. The molecule has 0 spiro atoms. The molecule has 0 N–H and O–H groups in total. The fraction of sp³-hybridized carbons (Fsp3) is 0.100. The maximum absolute atomic E-state index is 12.8. The number of fused-ring (bicyclic) bond motifs is 5. The summed E-state index contributed by atoms with van der Waals surface area (Å²) < 4.78 is 11.8. The Morgan fingerprint density at radius 2 is 1.85 bits per heavy atom. The van der Waals surface area contributed by atoms with Gasteiger partial charge in [0.25, 0.3) is 0 Å². The first-order valence-electron chi connectivity index (χ1n) is 8.19. The van der Waals surface area contributed by atoms with Gasteiger partial charge in [-0.3, -0.25) is 9.88 Å². The number of halogens is 1. The highest BCUT2D eigenvalue weighted by Gasteiger charge is 2.48. The number of aromatic nitrogens is 1. The third kappa shape index (κ3) is 2.24. The second-order valence-corrected chi connectivity index (χ2v) is 6.56. The Morgan fingerprint density at radius 3 is 2.69 bits per heavy atom.